The number of allylic oxidation sites excluding steroid dienone is 1. The number of benzene rings is 3. The third-order valence-corrected chi connectivity index (χ3v) is 9.15. The molecule has 1 unspecified atom stereocenters. The van der Waals surface area contributed by atoms with Crippen LogP contribution in [0.4, 0.5) is 22.1 Å². The van der Waals surface area contributed by atoms with E-state index in [1.165, 1.54) is 5.30 Å². The summed E-state index contributed by atoms with van der Waals surface area (Å²) in [6.45, 7) is 11.1. The lowest BCUT2D eigenvalue weighted by molar-refractivity contribution is 0.254. The predicted octanol–water partition coefficient (Wildman–Crippen LogP) is 6.89. The molecule has 0 bridgehead atoms. The number of nitrogens with one attached hydrogen (secondary N) is 4. The zero-order valence-electron chi connectivity index (χ0n) is 27.0. The zero-order valence-corrected chi connectivity index (χ0v) is 27.9. The summed E-state index contributed by atoms with van der Waals surface area (Å²) in [5.74, 6) is 1.90. The maximum Gasteiger partial charge on any atom is 0.324 e. The van der Waals surface area contributed by atoms with Crippen LogP contribution in [0.2, 0.25) is 0 Å². The lowest BCUT2D eigenvalue weighted by Crippen LogP contribution is -2.33. The molecule has 10 nitrogen and oxygen atoms in total. The molecule has 11 heteroatoms. The molecule has 1 fully saturated rings. The number of ether oxygens (including phenoxy) is 1. The van der Waals surface area contributed by atoms with Crippen molar-refractivity contribution >= 4 is 53.1 Å². The number of anilines is 3. The number of hydrogen-bond acceptors (Lipinski definition) is 8. The van der Waals surface area contributed by atoms with Gasteiger partial charge in [0.05, 0.1) is 18.3 Å². The van der Waals surface area contributed by atoms with Crippen molar-refractivity contribution in [1.82, 2.24) is 15.3 Å². The van der Waals surface area contributed by atoms with Gasteiger partial charge in [-0.25, -0.2) is 9.78 Å². The summed E-state index contributed by atoms with van der Waals surface area (Å²) in [4.78, 5) is 24.4. The number of aliphatic hydroxyl groups excluding tert-OH is 1. The zero-order chi connectivity index (χ0) is 32.8. The van der Waals surface area contributed by atoms with Crippen molar-refractivity contribution in [3.8, 4) is 11.6 Å². The molecule has 0 saturated carbocycles. The van der Waals surface area contributed by atoms with Gasteiger partial charge in [0.15, 0.2) is 0 Å². The van der Waals surface area contributed by atoms with E-state index in [1.54, 1.807) is 30.5 Å². The molecule has 3 aromatic carbocycles. The Labute approximate surface area is 271 Å². The van der Waals surface area contributed by atoms with Gasteiger partial charge in [0, 0.05) is 52.5 Å². The van der Waals surface area contributed by atoms with Crippen molar-refractivity contribution in [3.05, 3.63) is 84.8 Å². The molecule has 4 aromatic rings. The van der Waals surface area contributed by atoms with Crippen molar-refractivity contribution in [2.45, 2.75) is 39.7 Å². The molecule has 240 valence electrons. The smallest absolute Gasteiger partial charge is 0.324 e. The Balaban J connectivity index is 1.35. The fourth-order valence-corrected chi connectivity index (χ4v) is 5.88. The van der Waals surface area contributed by atoms with Crippen LogP contribution in [0.1, 0.15) is 33.6 Å². The van der Waals surface area contributed by atoms with Crippen LogP contribution in [0, 0.1) is 10.8 Å². The number of aliphatic hydroxyl groups is 1. The van der Waals surface area contributed by atoms with E-state index in [4.69, 9.17) is 10.1 Å². The van der Waals surface area contributed by atoms with Crippen LogP contribution in [0.3, 0.4) is 0 Å². The second kappa shape index (κ2) is 14.3. The number of urea groups is 1. The Hall–Kier alpha value is -4.53. The molecule has 5 N–H and O–H groups in total. The fraction of sp³-hybridized carbons (Fsp3) is 0.314. The maximum absolute atomic E-state index is 13.4. The summed E-state index contributed by atoms with van der Waals surface area (Å²) in [5.41, 5.74) is 1.38. The number of carbonyl (C=O) groups excluding carboxylic acids is 1. The largest absolute Gasteiger partial charge is 0.438 e. The summed E-state index contributed by atoms with van der Waals surface area (Å²) in [7, 11) is -0.220. The average Bonchev–Trinajstić information content (AvgIpc) is 3.51. The minimum absolute atomic E-state index is 0.00308. The van der Waals surface area contributed by atoms with Crippen molar-refractivity contribution in [3.63, 3.8) is 0 Å². The normalized spacial score (nSPS) is 15.2. The molecule has 1 aliphatic rings. The van der Waals surface area contributed by atoms with E-state index in [2.05, 4.69) is 51.4 Å². The first kappa shape index (κ1) is 32.9. The molecule has 1 atom stereocenters. The second-order valence-electron chi connectivity index (χ2n) is 12.5. The van der Waals surface area contributed by atoms with Crippen LogP contribution in [0.5, 0.6) is 11.6 Å². The van der Waals surface area contributed by atoms with Crippen molar-refractivity contribution in [1.29, 1.82) is 5.41 Å². The first-order valence-corrected chi connectivity index (χ1v) is 17.6. The quantitative estimate of drug-likeness (QED) is 0.0942. The van der Waals surface area contributed by atoms with E-state index in [9.17, 15) is 9.90 Å². The molecule has 1 aromatic heterocycles. The number of fused-ring (bicyclic) bond motifs is 1. The Kier molecular flexibility index (Phi) is 10.2. The SMILES string of the molecule is CP(C)c1ccc(N/C(=C\C(=N)C(C)(C)C)NC(=O)Nc2ccc(Oc3ccnc(N4CCCC4CO)n3)c3ccccc23)cc1. The highest BCUT2D eigenvalue weighted by molar-refractivity contribution is 7.64. The predicted molar refractivity (Wildman–Crippen MR) is 189 cm³/mol. The molecule has 2 heterocycles. The van der Waals surface area contributed by atoms with Gasteiger partial charge >= 0.3 is 6.03 Å². The number of carbonyl (C=O) groups is 1. The molecule has 0 aliphatic carbocycles. The van der Waals surface area contributed by atoms with E-state index in [-0.39, 0.29) is 20.6 Å². The van der Waals surface area contributed by atoms with Gasteiger partial charge in [-0.1, -0.05) is 65.1 Å². The maximum atomic E-state index is 13.4. The summed E-state index contributed by atoms with van der Waals surface area (Å²) in [6, 6.07) is 20.6. The number of hydrogen-bond donors (Lipinski definition) is 5. The van der Waals surface area contributed by atoms with Gasteiger partial charge in [-0.2, -0.15) is 4.98 Å². The molecule has 1 aliphatic heterocycles. The van der Waals surface area contributed by atoms with Crippen LogP contribution in [-0.4, -0.2) is 59.3 Å². The van der Waals surface area contributed by atoms with Gasteiger partial charge in [-0.15, -0.1) is 0 Å². The van der Waals surface area contributed by atoms with Crippen LogP contribution >= 0.6 is 7.92 Å². The van der Waals surface area contributed by atoms with E-state index in [0.717, 1.165) is 35.8 Å². The molecular formula is C35H42N7O3P. The van der Waals surface area contributed by atoms with Gasteiger partial charge in [-0.3, -0.25) is 5.32 Å². The standard InChI is InChI=1S/C35H42N7O3P/c1-35(2,3)30(36)21-31(38-23-12-14-25(15-13-23)46(4)5)40-34(44)39-28-16-17-29(27-11-7-6-10-26(27)28)45-32-18-19-37-33(41-32)42-20-8-9-24(42)22-43/h6-7,10-19,21,24,36,38,43H,8-9,20,22H2,1-5H3,(H2,39,40,44)/b31-21+,36-30?. The van der Waals surface area contributed by atoms with E-state index >= 15 is 0 Å². The van der Waals surface area contributed by atoms with Crippen LogP contribution in [0.15, 0.2) is 84.8 Å². The highest BCUT2D eigenvalue weighted by Crippen LogP contribution is 2.35. The van der Waals surface area contributed by atoms with Crippen LogP contribution in [-0.2, 0) is 0 Å². The van der Waals surface area contributed by atoms with Crippen LogP contribution in [0.25, 0.3) is 10.8 Å². The van der Waals surface area contributed by atoms with E-state index in [1.807, 2.05) is 62.1 Å². The highest BCUT2D eigenvalue weighted by Gasteiger charge is 2.26. The molecular weight excluding hydrogens is 597 g/mol. The Morgan fingerprint density at radius 2 is 1.80 bits per heavy atom. The fourth-order valence-electron chi connectivity index (χ4n) is 5.14. The molecule has 1 saturated heterocycles. The Morgan fingerprint density at radius 1 is 1.07 bits per heavy atom. The van der Waals surface area contributed by atoms with Gasteiger partial charge in [0.2, 0.25) is 11.8 Å². The average molecular weight is 640 g/mol. The lowest BCUT2D eigenvalue weighted by atomic mass is 9.90. The number of rotatable bonds is 10. The van der Waals surface area contributed by atoms with Gasteiger partial charge < -0.3 is 30.8 Å². The van der Waals surface area contributed by atoms with Gasteiger partial charge in [0.1, 0.15) is 11.6 Å². The minimum atomic E-state index is -0.453. The highest BCUT2D eigenvalue weighted by atomic mass is 31.1. The third kappa shape index (κ3) is 8.00. The second-order valence-corrected chi connectivity index (χ2v) is 14.8. The van der Waals surface area contributed by atoms with Crippen molar-refractivity contribution < 1.29 is 14.6 Å². The van der Waals surface area contributed by atoms with E-state index in [0.29, 0.717) is 34.8 Å². The Morgan fingerprint density at radius 3 is 2.50 bits per heavy atom. The Bertz CT molecular complexity index is 1730. The molecule has 0 radical (unpaired) electrons. The molecule has 0 spiro atoms. The molecule has 46 heavy (non-hydrogen) atoms. The topological polar surface area (TPSA) is 135 Å². The number of nitrogens with zero attached hydrogens (tertiary/aromatic N) is 3. The monoisotopic (exact) mass is 639 g/mol. The summed E-state index contributed by atoms with van der Waals surface area (Å²) >= 11 is 0. The molecule has 2 amide bonds. The van der Waals surface area contributed by atoms with Crippen LogP contribution < -0.4 is 30.9 Å². The minimum Gasteiger partial charge on any atom is -0.438 e. The molecule has 5 rings (SSSR count). The third-order valence-electron chi connectivity index (χ3n) is 7.82. The van der Waals surface area contributed by atoms with Crippen molar-refractivity contribution in [2.75, 3.05) is 42.0 Å². The number of amides is 2. The van der Waals surface area contributed by atoms with Crippen molar-refractivity contribution in [2.24, 2.45) is 5.41 Å². The van der Waals surface area contributed by atoms with Gasteiger partial charge in [0.25, 0.3) is 0 Å². The number of aromatic nitrogens is 2. The van der Waals surface area contributed by atoms with E-state index < -0.39 is 11.4 Å². The van der Waals surface area contributed by atoms with Gasteiger partial charge in [-0.05, 0) is 55.7 Å². The summed E-state index contributed by atoms with van der Waals surface area (Å²) in [6.07, 6.45) is 5.18. The lowest BCUT2D eigenvalue weighted by Gasteiger charge is -2.23. The first-order chi connectivity index (χ1) is 22.0. The first-order valence-electron chi connectivity index (χ1n) is 15.3. The summed E-state index contributed by atoms with van der Waals surface area (Å²) in [5, 5.41) is 30.3. The summed E-state index contributed by atoms with van der Waals surface area (Å²) < 4.78 is 6.24.